The molecule has 344 valence electrons. The van der Waals surface area contributed by atoms with Crippen LogP contribution < -0.4 is 20.3 Å². The predicted molar refractivity (Wildman–Crippen MR) is 257 cm³/mol. The molecule has 2 aliphatic rings. The van der Waals surface area contributed by atoms with Crippen LogP contribution in [-0.2, 0) is 44.2 Å². The van der Waals surface area contributed by atoms with Crippen molar-refractivity contribution in [2.45, 2.75) is 61.4 Å². The van der Waals surface area contributed by atoms with Gasteiger partial charge in [0.15, 0.2) is 0 Å². The number of nitrogens with zero attached hydrogens (tertiary/aromatic N) is 4. The van der Waals surface area contributed by atoms with Crippen molar-refractivity contribution in [2.75, 3.05) is 28.3 Å². The second kappa shape index (κ2) is 20.2. The molecular weight excluding hydrogens is 877 g/mol. The number of hydrogen-bond donors (Lipinski definition) is 2. The minimum Gasteiger partial charge on any atom is -0.744 e. The number of benzene rings is 6. The van der Waals surface area contributed by atoms with Crippen molar-refractivity contribution in [1.29, 1.82) is 0 Å². The van der Waals surface area contributed by atoms with E-state index in [1.54, 1.807) is 14.2 Å². The summed E-state index contributed by atoms with van der Waals surface area (Å²) in [7, 11) is -1.94. The smallest absolute Gasteiger partial charge is 0.212 e. The average molecular weight is 931 g/mol. The Morgan fingerprint density at radius 1 is 0.530 bits per heavy atom. The molecule has 2 aliphatic heterocycles. The first kappa shape index (κ1) is 48.7. The van der Waals surface area contributed by atoms with Crippen LogP contribution in [0.25, 0.3) is 10.8 Å². The van der Waals surface area contributed by atoms with Crippen LogP contribution in [-0.4, -0.2) is 87.3 Å². The Bertz CT molecular complexity index is 2860. The van der Waals surface area contributed by atoms with Gasteiger partial charge < -0.3 is 29.4 Å². The van der Waals surface area contributed by atoms with Gasteiger partial charge in [0.05, 0.1) is 47.9 Å². The highest BCUT2D eigenvalue weighted by Crippen LogP contribution is 2.39. The number of rotatable bonds is 12. The summed E-state index contributed by atoms with van der Waals surface area (Å²) >= 11 is 0. The van der Waals surface area contributed by atoms with Gasteiger partial charge >= 0.3 is 0 Å². The van der Waals surface area contributed by atoms with E-state index in [1.165, 1.54) is 69.3 Å². The highest BCUT2D eigenvalue weighted by molar-refractivity contribution is 7.86. The summed E-state index contributed by atoms with van der Waals surface area (Å²) in [6.45, 7) is 10.3. The number of para-hydroxylation sites is 2. The Balaban J connectivity index is 0.000000166. The third-order valence-electron chi connectivity index (χ3n) is 11.7. The molecule has 6 aromatic rings. The summed E-state index contributed by atoms with van der Waals surface area (Å²) in [5.41, 5.74) is 16.1. The summed E-state index contributed by atoms with van der Waals surface area (Å²) < 4.78 is 80.9. The topological polar surface area (TPSA) is 188 Å². The monoisotopic (exact) mass is 930 g/mol. The first-order chi connectivity index (χ1) is 31.3. The molecule has 0 aliphatic carbocycles. The van der Waals surface area contributed by atoms with Gasteiger partial charge in [0, 0.05) is 34.0 Å². The van der Waals surface area contributed by atoms with E-state index in [9.17, 15) is 25.9 Å². The lowest BCUT2D eigenvalue weighted by Gasteiger charge is -2.14. The summed E-state index contributed by atoms with van der Waals surface area (Å²) in [5.74, 6) is 1.73. The van der Waals surface area contributed by atoms with E-state index in [-0.39, 0.29) is 21.6 Å². The average Bonchev–Trinajstić information content (AvgIpc) is 3.62. The maximum Gasteiger partial charge on any atom is 0.212 e. The lowest BCUT2D eigenvalue weighted by molar-refractivity contribution is -0.400. The van der Waals surface area contributed by atoms with Crippen LogP contribution in [0.2, 0.25) is 0 Å². The van der Waals surface area contributed by atoms with Crippen LogP contribution in [0, 0.1) is 0 Å². The zero-order valence-corrected chi connectivity index (χ0v) is 39.8. The number of ether oxygens (including phenoxy) is 2. The maximum atomic E-state index is 11.0. The molecule has 0 bridgehead atoms. The molecule has 2 heterocycles. The van der Waals surface area contributed by atoms with Crippen LogP contribution in [0.5, 0.6) is 11.5 Å². The molecule has 0 amide bonds. The van der Waals surface area contributed by atoms with E-state index in [0.717, 1.165) is 23.6 Å². The molecule has 66 heavy (non-hydrogen) atoms. The molecule has 2 N–H and O–H groups in total. The van der Waals surface area contributed by atoms with Gasteiger partial charge in [0.25, 0.3) is 0 Å². The van der Waals surface area contributed by atoms with E-state index in [2.05, 4.69) is 121 Å². The Morgan fingerprint density at radius 2 is 0.879 bits per heavy atom. The Kier molecular flexibility index (Phi) is 14.9. The summed E-state index contributed by atoms with van der Waals surface area (Å²) in [5, 5.41) is 8.71. The largest absolute Gasteiger partial charge is 0.744 e. The lowest BCUT2D eigenvalue weighted by Crippen LogP contribution is -2.30. The summed E-state index contributed by atoms with van der Waals surface area (Å²) in [6.07, 6.45) is 3.87. The van der Waals surface area contributed by atoms with Gasteiger partial charge in [0.2, 0.25) is 22.8 Å². The first-order valence-corrected chi connectivity index (χ1v) is 23.7. The molecule has 0 atom stereocenters. The van der Waals surface area contributed by atoms with E-state index in [4.69, 9.17) is 9.47 Å². The Labute approximate surface area is 387 Å². The van der Waals surface area contributed by atoms with Crippen LogP contribution in [0.4, 0.5) is 11.4 Å². The normalized spacial score (nSPS) is 14.9. The van der Waals surface area contributed by atoms with E-state index in [0.29, 0.717) is 13.1 Å². The minimum atomic E-state index is -4.74. The Morgan fingerprint density at radius 3 is 1.20 bits per heavy atom. The third-order valence-corrected chi connectivity index (χ3v) is 13.5. The van der Waals surface area contributed by atoms with Gasteiger partial charge in [-0.25, -0.2) is 16.8 Å². The van der Waals surface area contributed by atoms with Gasteiger partial charge in [0.1, 0.15) is 58.3 Å². The van der Waals surface area contributed by atoms with Crippen LogP contribution in [0.15, 0.2) is 153 Å². The van der Waals surface area contributed by atoms with Crippen molar-refractivity contribution in [2.24, 2.45) is 10.2 Å². The van der Waals surface area contributed by atoms with Crippen molar-refractivity contribution in [1.82, 2.24) is 10.9 Å². The molecule has 0 fully saturated rings. The molecule has 0 unspecified atom stereocenters. The number of fused-ring (bicyclic) bond motifs is 3. The van der Waals surface area contributed by atoms with Gasteiger partial charge in [-0.1, -0.05) is 84.9 Å². The van der Waals surface area contributed by atoms with Gasteiger partial charge in [-0.2, -0.15) is 19.4 Å². The second-order valence-electron chi connectivity index (χ2n) is 16.6. The van der Waals surface area contributed by atoms with E-state index >= 15 is 0 Å². The van der Waals surface area contributed by atoms with Crippen molar-refractivity contribution in [3.63, 3.8) is 0 Å². The number of hydrogen-bond acceptors (Lipinski definition) is 12. The van der Waals surface area contributed by atoms with Crippen LogP contribution in [0.3, 0.4) is 0 Å². The third kappa shape index (κ3) is 10.9. The fourth-order valence-electron chi connectivity index (χ4n) is 8.12. The number of methoxy groups -OCH3 is 2. The van der Waals surface area contributed by atoms with Gasteiger partial charge in [-0.05, 0) is 75.2 Å². The minimum absolute atomic E-state index is 0.0450. The highest BCUT2D eigenvalue weighted by Gasteiger charge is 2.44. The molecule has 8 rings (SSSR count). The predicted octanol–water partition coefficient (Wildman–Crippen LogP) is 7.60. The van der Waals surface area contributed by atoms with Crippen LogP contribution in [0.1, 0.15) is 49.9 Å². The molecule has 0 spiro atoms. The summed E-state index contributed by atoms with van der Waals surface area (Å²) in [6, 6.07) is 40.1. The van der Waals surface area contributed by atoms with Crippen molar-refractivity contribution in [3.05, 3.63) is 156 Å². The van der Waals surface area contributed by atoms with Gasteiger partial charge in [-0.15, -0.1) is 0 Å². The lowest BCUT2D eigenvalue weighted by atomic mass is 9.82. The van der Waals surface area contributed by atoms with Crippen LogP contribution >= 0.6 is 0 Å². The molecule has 6 aromatic carbocycles. The number of hydrazone groups is 2. The van der Waals surface area contributed by atoms with Crippen molar-refractivity contribution in [3.8, 4) is 11.5 Å². The zero-order chi connectivity index (χ0) is 47.9. The molecular formula is C50H54N6O8S2. The molecule has 16 heteroatoms. The molecule has 0 radical (unpaired) electrons. The molecule has 14 nitrogen and oxygen atoms in total. The molecule has 0 aromatic heterocycles. The van der Waals surface area contributed by atoms with E-state index in [1.807, 2.05) is 61.0 Å². The number of nitrogens with one attached hydrogen (secondary N) is 2. The fraction of sp³-hybridized carbons (Fsp3) is 0.240. The van der Waals surface area contributed by atoms with Crippen molar-refractivity contribution < 1.29 is 44.6 Å². The molecule has 0 saturated heterocycles. The fourth-order valence-corrected chi connectivity index (χ4v) is 9.51. The van der Waals surface area contributed by atoms with Gasteiger partial charge in [-0.3, -0.25) is 0 Å². The van der Waals surface area contributed by atoms with Crippen molar-refractivity contribution >= 4 is 66.2 Å². The highest BCUT2D eigenvalue weighted by atomic mass is 32.2. The Hall–Kier alpha value is -6.72. The maximum absolute atomic E-state index is 11.0. The first-order valence-electron chi connectivity index (χ1n) is 20.9. The standard InChI is InChI=1S/2C20H23N3O.C10H8O6S2/c2*1-20(2)17-7-5-6-8-18(17)23(3)19(20)14-22-21-13-15-9-11-16(24-4)12-10-15;11-17(12,13)9-5-1-3-7-8(9)4-2-6-10(7)18(14,15)16/h2*5-12,14H,13H2,1-4H3;1-6H,(H,11,12,13)(H,14,15,16). The quantitative estimate of drug-likeness (QED) is 0.0536. The SMILES string of the molecule is COc1ccc(CN/N=C/C2=[N+](C)c3ccccc3C2(C)C)cc1.COc1ccc(CN/N=C/C2=[N+](C)c3ccccc3C2(C)C)cc1.O=S(=O)([O-])c1cccc2c(S(=O)(=O)[O-])cccc12. The second-order valence-corrected chi connectivity index (χ2v) is 19.3. The summed E-state index contributed by atoms with van der Waals surface area (Å²) in [4.78, 5) is -1.10. The zero-order valence-electron chi connectivity index (χ0n) is 38.1. The van der Waals surface area contributed by atoms with E-state index < -0.39 is 30.0 Å². The molecule has 0 saturated carbocycles.